The van der Waals surface area contributed by atoms with E-state index in [2.05, 4.69) is 95.6 Å². The quantitative estimate of drug-likeness (QED) is 0.0502. The summed E-state index contributed by atoms with van der Waals surface area (Å²) in [6.07, 6.45) is -4.48. The van der Waals surface area contributed by atoms with Crippen LogP contribution in [-0.4, -0.2) is 74.2 Å². The SMILES string of the molecule is CCNC(O)[C@H]1O[C@@H](n2cnc3c(NCC(c4cccc(C)c4)c4cccc(C)c4)nc(I)nc32)[C@H](OC(=O)c2ccccc2)[C@@H]1OC(=O)c1ccccc1. The molecule has 5 atom stereocenters. The number of likely N-dealkylation sites (N-methyl/N-ethyl adjacent to an activating group) is 1. The number of aromatic nitrogens is 4. The summed E-state index contributed by atoms with van der Waals surface area (Å²) in [7, 11) is 0. The fourth-order valence-electron chi connectivity index (χ4n) is 6.86. The zero-order chi connectivity index (χ0) is 38.5. The Morgan fingerprint density at radius 1 is 0.836 bits per heavy atom. The van der Waals surface area contributed by atoms with Crippen molar-refractivity contribution in [2.24, 2.45) is 0 Å². The van der Waals surface area contributed by atoms with Crippen LogP contribution in [0.15, 0.2) is 116 Å². The van der Waals surface area contributed by atoms with Crippen LogP contribution in [0, 0.1) is 17.7 Å². The van der Waals surface area contributed by atoms with E-state index in [1.807, 2.05) is 6.92 Å². The van der Waals surface area contributed by atoms with E-state index in [0.717, 1.165) is 22.3 Å². The van der Waals surface area contributed by atoms with Crippen molar-refractivity contribution < 1.29 is 28.9 Å². The molecule has 0 saturated carbocycles. The monoisotopic (exact) mass is 852 g/mol. The van der Waals surface area contributed by atoms with Crippen molar-refractivity contribution in [2.45, 2.75) is 57.5 Å². The standard InChI is InChI=1S/C42H41IN6O6/c1-4-44-38(50)34-33(54-40(51)27-15-7-5-8-16-27)35(55-41(52)28-17-9-6-10-18-28)39(53-34)49-24-46-32-36(47-42(43)48-37(32)49)45-23-31(29-19-11-13-25(2)21-29)30-20-12-14-26(3)22-30/h5-22,24,31,33-35,38-39,44,50H,4,23H2,1-3H3,(H,45,47,48)/t33-,34+,35-,38?,39-/m1/s1. The van der Waals surface area contributed by atoms with Crippen LogP contribution in [0.1, 0.15) is 62.0 Å². The van der Waals surface area contributed by atoms with Crippen LogP contribution in [0.2, 0.25) is 0 Å². The normalized spacial score (nSPS) is 18.7. The van der Waals surface area contributed by atoms with Crippen molar-refractivity contribution in [2.75, 3.05) is 18.4 Å². The number of aliphatic hydroxyl groups is 1. The summed E-state index contributed by atoms with van der Waals surface area (Å²) in [4.78, 5) is 41.4. The highest BCUT2D eigenvalue weighted by molar-refractivity contribution is 14.1. The summed E-state index contributed by atoms with van der Waals surface area (Å²) in [6, 6.07) is 33.9. The van der Waals surface area contributed by atoms with Gasteiger partial charge in [-0.2, -0.15) is 0 Å². The number of aliphatic hydroxyl groups excluding tert-OH is 1. The molecule has 2 aromatic heterocycles. The largest absolute Gasteiger partial charge is 0.452 e. The van der Waals surface area contributed by atoms with Crippen LogP contribution in [0.5, 0.6) is 0 Å². The molecule has 13 heteroatoms. The molecule has 0 spiro atoms. The van der Waals surface area contributed by atoms with E-state index in [1.165, 1.54) is 6.33 Å². The van der Waals surface area contributed by atoms with Crippen molar-refractivity contribution in [3.8, 4) is 0 Å². The first-order chi connectivity index (χ1) is 26.7. The second-order valence-electron chi connectivity index (χ2n) is 13.4. The Hall–Kier alpha value is -5.22. The summed E-state index contributed by atoms with van der Waals surface area (Å²) < 4.78 is 20.8. The molecule has 1 fully saturated rings. The van der Waals surface area contributed by atoms with Gasteiger partial charge < -0.3 is 24.6 Å². The number of ether oxygens (including phenoxy) is 3. The van der Waals surface area contributed by atoms with Gasteiger partial charge in [0.2, 0.25) is 0 Å². The lowest BCUT2D eigenvalue weighted by atomic mass is 9.89. The van der Waals surface area contributed by atoms with Gasteiger partial charge in [-0.05, 0) is 55.8 Å². The molecule has 6 aromatic rings. The molecule has 12 nitrogen and oxygen atoms in total. The van der Waals surface area contributed by atoms with Crippen LogP contribution in [0.25, 0.3) is 11.2 Å². The van der Waals surface area contributed by atoms with E-state index in [0.29, 0.717) is 39.5 Å². The lowest BCUT2D eigenvalue weighted by Gasteiger charge is -2.26. The Balaban J connectivity index is 1.26. The second kappa shape index (κ2) is 17.1. The van der Waals surface area contributed by atoms with Gasteiger partial charge in [0.25, 0.3) is 0 Å². The molecule has 7 rings (SSSR count). The van der Waals surface area contributed by atoms with Crippen molar-refractivity contribution in [3.63, 3.8) is 0 Å². The third-order valence-corrected chi connectivity index (χ3v) is 9.97. The zero-order valence-electron chi connectivity index (χ0n) is 30.5. The summed E-state index contributed by atoms with van der Waals surface area (Å²) >= 11 is 2.06. The molecule has 1 saturated heterocycles. The number of carbonyl (C=O) groups is 2. The maximum Gasteiger partial charge on any atom is 0.338 e. The summed E-state index contributed by atoms with van der Waals surface area (Å²) in [5.74, 6) is -0.823. The number of hydrogen-bond donors (Lipinski definition) is 3. The maximum absolute atomic E-state index is 13.7. The molecule has 3 heterocycles. The van der Waals surface area contributed by atoms with Gasteiger partial charge in [0.05, 0.1) is 17.5 Å². The Morgan fingerprint density at radius 3 is 1.98 bits per heavy atom. The van der Waals surface area contributed by atoms with Crippen LogP contribution in [-0.2, 0) is 14.2 Å². The van der Waals surface area contributed by atoms with Crippen molar-refractivity contribution in [3.05, 3.63) is 153 Å². The van der Waals surface area contributed by atoms with Gasteiger partial charge in [-0.15, -0.1) is 0 Å². The number of rotatable bonds is 13. The highest BCUT2D eigenvalue weighted by Crippen LogP contribution is 2.38. The topological polar surface area (TPSA) is 150 Å². The van der Waals surface area contributed by atoms with Gasteiger partial charge in [0, 0.05) is 35.1 Å². The first-order valence-corrected chi connectivity index (χ1v) is 19.1. The van der Waals surface area contributed by atoms with E-state index in [9.17, 15) is 14.7 Å². The number of carbonyl (C=O) groups excluding carboxylic acids is 2. The molecule has 1 unspecified atom stereocenters. The minimum absolute atomic E-state index is 0.00197. The highest BCUT2D eigenvalue weighted by atomic mass is 127. The lowest BCUT2D eigenvalue weighted by molar-refractivity contribution is -0.0953. The lowest BCUT2D eigenvalue weighted by Crippen LogP contribution is -2.49. The number of nitrogens with one attached hydrogen (secondary N) is 2. The van der Waals surface area contributed by atoms with E-state index < -0.39 is 42.7 Å². The predicted molar refractivity (Wildman–Crippen MR) is 216 cm³/mol. The maximum atomic E-state index is 13.7. The molecule has 282 valence electrons. The first-order valence-electron chi connectivity index (χ1n) is 18.1. The Labute approximate surface area is 332 Å². The minimum atomic E-state index is -1.29. The van der Waals surface area contributed by atoms with Crippen molar-refractivity contribution in [1.29, 1.82) is 0 Å². The third kappa shape index (κ3) is 8.54. The third-order valence-electron chi connectivity index (χ3n) is 9.49. The zero-order valence-corrected chi connectivity index (χ0v) is 32.7. The molecule has 1 aliphatic rings. The Kier molecular flexibility index (Phi) is 11.8. The average Bonchev–Trinajstić information content (AvgIpc) is 3.76. The minimum Gasteiger partial charge on any atom is -0.452 e. The number of hydrogen-bond acceptors (Lipinski definition) is 11. The van der Waals surface area contributed by atoms with Gasteiger partial charge in [0.1, 0.15) is 12.3 Å². The van der Waals surface area contributed by atoms with E-state index in [1.54, 1.807) is 65.2 Å². The molecule has 1 aliphatic heterocycles. The molecule has 3 N–H and O–H groups in total. The summed E-state index contributed by atoms with van der Waals surface area (Å²) in [5, 5.41) is 17.8. The molecule has 55 heavy (non-hydrogen) atoms. The van der Waals surface area contributed by atoms with Crippen LogP contribution in [0.3, 0.4) is 0 Å². The van der Waals surface area contributed by atoms with E-state index in [-0.39, 0.29) is 11.5 Å². The molecular formula is C42H41IN6O6. The molecule has 0 radical (unpaired) electrons. The van der Waals surface area contributed by atoms with Gasteiger partial charge in [-0.25, -0.2) is 24.5 Å². The number of halogens is 1. The molecule has 0 aliphatic carbocycles. The number of aryl methyl sites for hydroxylation is 2. The number of anilines is 1. The van der Waals surface area contributed by atoms with Gasteiger partial charge in [-0.1, -0.05) is 103 Å². The number of fused-ring (bicyclic) bond motifs is 1. The molecule has 4 aromatic carbocycles. The van der Waals surface area contributed by atoms with Crippen LogP contribution >= 0.6 is 22.6 Å². The molecular weight excluding hydrogens is 811 g/mol. The van der Waals surface area contributed by atoms with Gasteiger partial charge in [0.15, 0.2) is 39.2 Å². The van der Waals surface area contributed by atoms with Crippen LogP contribution in [0.4, 0.5) is 5.82 Å². The van der Waals surface area contributed by atoms with E-state index in [4.69, 9.17) is 29.2 Å². The van der Waals surface area contributed by atoms with Gasteiger partial charge >= 0.3 is 11.9 Å². The number of nitrogens with zero attached hydrogens (tertiary/aromatic N) is 4. The molecule has 0 bridgehead atoms. The number of imidazole rings is 1. The number of benzene rings is 4. The predicted octanol–water partition coefficient (Wildman–Crippen LogP) is 6.57. The smallest absolute Gasteiger partial charge is 0.338 e. The van der Waals surface area contributed by atoms with Gasteiger partial charge in [-0.3, -0.25) is 9.88 Å². The fourth-order valence-corrected chi connectivity index (χ4v) is 7.33. The van der Waals surface area contributed by atoms with Crippen LogP contribution < -0.4 is 10.6 Å². The molecule has 0 amide bonds. The van der Waals surface area contributed by atoms with Crippen molar-refractivity contribution in [1.82, 2.24) is 24.8 Å². The summed E-state index contributed by atoms with van der Waals surface area (Å²) in [5.41, 5.74) is 6.08. The van der Waals surface area contributed by atoms with E-state index >= 15 is 0 Å². The summed E-state index contributed by atoms with van der Waals surface area (Å²) in [6.45, 7) is 6.88. The first kappa shape index (κ1) is 38.1. The fraction of sp³-hybridized carbons (Fsp3) is 0.262. The second-order valence-corrected chi connectivity index (χ2v) is 14.4. The Morgan fingerprint density at radius 2 is 1.42 bits per heavy atom. The average molecular weight is 853 g/mol. The Bertz CT molecular complexity index is 2230. The van der Waals surface area contributed by atoms with Crippen molar-refractivity contribution >= 4 is 51.5 Å². The number of esters is 2. The highest BCUT2D eigenvalue weighted by Gasteiger charge is 2.53.